The minimum Gasteiger partial charge on any atom is -0.381 e. The summed E-state index contributed by atoms with van der Waals surface area (Å²) in [6.45, 7) is 8.76. The second-order valence-electron chi connectivity index (χ2n) is 6.83. The van der Waals surface area contributed by atoms with E-state index in [-0.39, 0.29) is 23.7 Å². The number of ether oxygens (including phenoxy) is 1. The van der Waals surface area contributed by atoms with Crippen molar-refractivity contribution in [3.05, 3.63) is 0 Å². The summed E-state index contributed by atoms with van der Waals surface area (Å²) in [4.78, 5) is 14.8. The largest absolute Gasteiger partial charge is 0.381 e. The van der Waals surface area contributed by atoms with E-state index in [4.69, 9.17) is 4.74 Å². The van der Waals surface area contributed by atoms with E-state index < -0.39 is 0 Å². The molecule has 1 aliphatic heterocycles. The maximum absolute atomic E-state index is 12.7. The molecule has 4 heteroatoms. The highest BCUT2D eigenvalue weighted by molar-refractivity contribution is 5.84. The van der Waals surface area contributed by atoms with E-state index in [0.29, 0.717) is 11.9 Å². The van der Waals surface area contributed by atoms with Gasteiger partial charge in [0.25, 0.3) is 0 Å². The third-order valence-corrected chi connectivity index (χ3v) is 5.26. The maximum atomic E-state index is 12.7. The quantitative estimate of drug-likeness (QED) is 0.814. The number of nitrogens with zero attached hydrogens (tertiary/aromatic N) is 1. The highest BCUT2D eigenvalue weighted by atomic mass is 16.5. The van der Waals surface area contributed by atoms with E-state index in [1.165, 1.54) is 0 Å². The Morgan fingerprint density at radius 3 is 2.60 bits per heavy atom. The van der Waals surface area contributed by atoms with Gasteiger partial charge in [0.15, 0.2) is 0 Å². The van der Waals surface area contributed by atoms with Crippen molar-refractivity contribution in [1.82, 2.24) is 10.2 Å². The first-order chi connectivity index (χ1) is 9.47. The summed E-state index contributed by atoms with van der Waals surface area (Å²) < 4.78 is 5.53. The topological polar surface area (TPSA) is 41.6 Å². The van der Waals surface area contributed by atoms with Crippen molar-refractivity contribution in [1.29, 1.82) is 0 Å². The Kier molecular flexibility index (Phi) is 4.75. The van der Waals surface area contributed by atoms with Crippen molar-refractivity contribution in [3.63, 3.8) is 0 Å². The molecule has 2 rings (SSSR count). The van der Waals surface area contributed by atoms with Crippen LogP contribution in [0.4, 0.5) is 0 Å². The van der Waals surface area contributed by atoms with Crippen LogP contribution in [0.2, 0.25) is 0 Å². The van der Waals surface area contributed by atoms with E-state index in [9.17, 15) is 4.79 Å². The fourth-order valence-corrected chi connectivity index (χ4v) is 3.75. The minimum absolute atomic E-state index is 0.0253. The number of methoxy groups -OCH3 is 1. The van der Waals surface area contributed by atoms with Crippen LogP contribution in [-0.2, 0) is 9.53 Å². The van der Waals surface area contributed by atoms with Crippen molar-refractivity contribution < 1.29 is 9.53 Å². The normalized spacial score (nSPS) is 36.2. The zero-order chi connectivity index (χ0) is 14.9. The molecule has 20 heavy (non-hydrogen) atoms. The SMILES string of the molecule is CCCCC1NC(CC)N(C2CC(OC)C2(C)C)C1=O. The van der Waals surface area contributed by atoms with Crippen molar-refractivity contribution >= 4 is 5.91 Å². The average Bonchev–Trinajstić information content (AvgIpc) is 2.73. The molecule has 1 amide bonds. The highest BCUT2D eigenvalue weighted by Gasteiger charge is 2.56. The first kappa shape index (κ1) is 15.8. The lowest BCUT2D eigenvalue weighted by Gasteiger charge is -2.55. The van der Waals surface area contributed by atoms with Crippen LogP contribution in [0.3, 0.4) is 0 Å². The molecule has 4 nitrogen and oxygen atoms in total. The number of unbranched alkanes of at least 4 members (excludes halogenated alkanes) is 1. The summed E-state index contributed by atoms with van der Waals surface area (Å²) in [5, 5.41) is 3.53. The van der Waals surface area contributed by atoms with Crippen LogP contribution >= 0.6 is 0 Å². The molecule has 0 aromatic carbocycles. The van der Waals surface area contributed by atoms with E-state index >= 15 is 0 Å². The van der Waals surface area contributed by atoms with Crippen molar-refractivity contribution in [2.45, 2.75) is 84.2 Å². The minimum atomic E-state index is 0.0253. The Hall–Kier alpha value is -0.610. The van der Waals surface area contributed by atoms with Gasteiger partial charge in [0.05, 0.1) is 18.3 Å². The highest BCUT2D eigenvalue weighted by Crippen LogP contribution is 2.47. The third kappa shape index (κ3) is 2.48. The molecule has 4 atom stereocenters. The number of hydrogen-bond donors (Lipinski definition) is 1. The molecule has 1 saturated carbocycles. The van der Waals surface area contributed by atoms with Gasteiger partial charge in [-0.2, -0.15) is 0 Å². The van der Waals surface area contributed by atoms with Gasteiger partial charge in [-0.15, -0.1) is 0 Å². The molecule has 0 aromatic heterocycles. The lowest BCUT2D eigenvalue weighted by molar-refractivity contribution is -0.162. The smallest absolute Gasteiger partial charge is 0.241 e. The van der Waals surface area contributed by atoms with Gasteiger partial charge in [-0.1, -0.05) is 40.5 Å². The van der Waals surface area contributed by atoms with Crippen LogP contribution in [0.5, 0.6) is 0 Å². The molecule has 2 aliphatic rings. The van der Waals surface area contributed by atoms with Gasteiger partial charge < -0.3 is 9.64 Å². The third-order valence-electron chi connectivity index (χ3n) is 5.26. The predicted molar refractivity (Wildman–Crippen MR) is 80.4 cm³/mol. The molecule has 1 saturated heterocycles. The first-order valence-corrected chi connectivity index (χ1v) is 8.08. The Bertz CT molecular complexity index is 356. The Morgan fingerprint density at radius 1 is 1.40 bits per heavy atom. The van der Waals surface area contributed by atoms with Crippen LogP contribution < -0.4 is 5.32 Å². The molecule has 0 radical (unpaired) electrons. The van der Waals surface area contributed by atoms with E-state index in [1.54, 1.807) is 7.11 Å². The summed E-state index contributed by atoms with van der Waals surface area (Å²) in [6.07, 6.45) is 5.63. The zero-order valence-corrected chi connectivity index (χ0v) is 13.6. The van der Waals surface area contributed by atoms with Crippen molar-refractivity contribution in [2.75, 3.05) is 7.11 Å². The monoisotopic (exact) mass is 282 g/mol. The van der Waals surface area contributed by atoms with Gasteiger partial charge >= 0.3 is 0 Å². The van der Waals surface area contributed by atoms with Gasteiger partial charge in [-0.3, -0.25) is 10.1 Å². The molecule has 1 N–H and O–H groups in total. The average molecular weight is 282 g/mol. The van der Waals surface area contributed by atoms with E-state index in [1.807, 2.05) is 0 Å². The second kappa shape index (κ2) is 6.02. The summed E-state index contributed by atoms with van der Waals surface area (Å²) in [5.41, 5.74) is 0.0547. The Morgan fingerprint density at radius 2 is 2.10 bits per heavy atom. The summed E-state index contributed by atoms with van der Waals surface area (Å²) >= 11 is 0. The zero-order valence-electron chi connectivity index (χ0n) is 13.6. The van der Waals surface area contributed by atoms with Gasteiger partial charge in [-0.25, -0.2) is 0 Å². The lowest BCUT2D eigenvalue weighted by atomic mass is 9.63. The molecular weight excluding hydrogens is 252 g/mol. The maximum Gasteiger partial charge on any atom is 0.241 e. The fraction of sp³-hybridized carbons (Fsp3) is 0.938. The van der Waals surface area contributed by atoms with Crippen molar-refractivity contribution in [3.8, 4) is 0 Å². The van der Waals surface area contributed by atoms with Gasteiger partial charge in [-0.05, 0) is 19.3 Å². The van der Waals surface area contributed by atoms with Crippen LogP contribution in [0.1, 0.15) is 59.8 Å². The van der Waals surface area contributed by atoms with Gasteiger partial charge in [0, 0.05) is 18.6 Å². The van der Waals surface area contributed by atoms with Gasteiger partial charge in [0.1, 0.15) is 0 Å². The molecule has 2 fully saturated rings. The van der Waals surface area contributed by atoms with E-state index in [2.05, 4.69) is 37.9 Å². The molecular formula is C16H30N2O2. The second-order valence-corrected chi connectivity index (χ2v) is 6.83. The van der Waals surface area contributed by atoms with Crippen LogP contribution in [0.25, 0.3) is 0 Å². The summed E-state index contributed by atoms with van der Waals surface area (Å²) in [6, 6.07) is 0.335. The van der Waals surface area contributed by atoms with Crippen LogP contribution in [0, 0.1) is 5.41 Å². The Labute approximate surface area is 123 Å². The number of hydrogen-bond acceptors (Lipinski definition) is 3. The number of amides is 1. The number of rotatable bonds is 6. The molecule has 116 valence electrons. The molecule has 4 unspecified atom stereocenters. The van der Waals surface area contributed by atoms with Crippen LogP contribution in [0.15, 0.2) is 0 Å². The number of nitrogens with one attached hydrogen (secondary N) is 1. The fourth-order valence-electron chi connectivity index (χ4n) is 3.75. The van der Waals surface area contributed by atoms with Gasteiger partial charge in [0.2, 0.25) is 5.91 Å². The summed E-state index contributed by atoms with van der Waals surface area (Å²) in [7, 11) is 1.77. The number of carbonyl (C=O) groups excluding carboxylic acids is 1. The molecule has 1 aliphatic carbocycles. The standard InChI is InChI=1S/C16H30N2O2/c1-6-8-9-11-15(19)18(14(7-2)17-11)12-10-13(20-5)16(12,3)4/h11-14,17H,6-10H2,1-5H3. The Balaban J connectivity index is 2.08. The van der Waals surface area contributed by atoms with Crippen molar-refractivity contribution in [2.24, 2.45) is 5.41 Å². The predicted octanol–water partition coefficient (Wildman–Crippen LogP) is 2.53. The van der Waals surface area contributed by atoms with Crippen LogP contribution in [-0.4, -0.2) is 42.3 Å². The number of carbonyl (C=O) groups is 1. The first-order valence-electron chi connectivity index (χ1n) is 8.08. The molecule has 0 bridgehead atoms. The molecule has 0 aromatic rings. The lowest BCUT2D eigenvalue weighted by Crippen LogP contribution is -2.64. The molecule has 0 spiro atoms. The summed E-state index contributed by atoms with van der Waals surface area (Å²) in [5.74, 6) is 0.304. The molecule has 1 heterocycles. The van der Waals surface area contributed by atoms with E-state index in [0.717, 1.165) is 32.1 Å².